The third-order valence-corrected chi connectivity index (χ3v) is 3.12. The van der Waals surface area contributed by atoms with Crippen LogP contribution in [-0.4, -0.2) is 35.6 Å². The molecule has 1 aromatic carbocycles. The molecule has 0 heterocycles. The second-order valence-electron chi connectivity index (χ2n) is 5.45. The summed E-state index contributed by atoms with van der Waals surface area (Å²) in [7, 11) is 1.68. The van der Waals surface area contributed by atoms with Gasteiger partial charge in [-0.05, 0) is 17.9 Å². The van der Waals surface area contributed by atoms with Crippen molar-refractivity contribution in [3.05, 3.63) is 17.7 Å². The first kappa shape index (κ1) is 15.6. The van der Waals surface area contributed by atoms with Crippen LogP contribution < -0.4 is 5.32 Å². The number of benzene rings is 1. The molecule has 108 valence electrons. The Kier molecular flexibility index (Phi) is 5.44. The molecule has 0 bridgehead atoms. The lowest BCUT2D eigenvalue weighted by atomic mass is 9.89. The number of rotatable bonds is 7. The van der Waals surface area contributed by atoms with Gasteiger partial charge in [0, 0.05) is 32.4 Å². The third-order valence-electron chi connectivity index (χ3n) is 3.12. The molecule has 0 spiro atoms. The van der Waals surface area contributed by atoms with Crippen LogP contribution in [0.25, 0.3) is 0 Å². The first-order valence-electron chi connectivity index (χ1n) is 6.30. The Morgan fingerprint density at radius 3 is 2.47 bits per heavy atom. The van der Waals surface area contributed by atoms with Gasteiger partial charge in [0.25, 0.3) is 0 Å². The maximum atomic E-state index is 9.68. The fraction of sp³-hybridized carbons (Fsp3) is 0.571. The Labute approximate surface area is 113 Å². The molecule has 0 aliphatic rings. The third kappa shape index (κ3) is 4.61. The van der Waals surface area contributed by atoms with Crippen molar-refractivity contribution < 1.29 is 20.1 Å². The monoisotopic (exact) mass is 269 g/mol. The molecule has 0 aliphatic heterocycles. The number of phenols is 3. The van der Waals surface area contributed by atoms with Gasteiger partial charge in [0.1, 0.15) is 0 Å². The van der Waals surface area contributed by atoms with Crippen LogP contribution in [0.3, 0.4) is 0 Å². The Balaban J connectivity index is 2.52. The molecule has 5 nitrogen and oxygen atoms in total. The topological polar surface area (TPSA) is 82.0 Å². The molecule has 0 fully saturated rings. The van der Waals surface area contributed by atoms with Crippen molar-refractivity contribution in [2.24, 2.45) is 5.41 Å². The predicted octanol–water partition coefficient (Wildman–Crippen LogP) is 1.96. The minimum atomic E-state index is -0.474. The molecule has 4 N–H and O–H groups in total. The average molecular weight is 269 g/mol. The number of methoxy groups -OCH3 is 1. The molecule has 0 saturated carbocycles. The van der Waals surface area contributed by atoms with Crippen molar-refractivity contribution >= 4 is 0 Å². The molecule has 5 heteroatoms. The summed E-state index contributed by atoms with van der Waals surface area (Å²) in [5.41, 5.74) is 0.641. The fourth-order valence-electron chi connectivity index (χ4n) is 1.76. The van der Waals surface area contributed by atoms with E-state index in [1.807, 2.05) is 0 Å². The molecule has 19 heavy (non-hydrogen) atoms. The molecule has 1 aromatic rings. The molecule has 0 aromatic heterocycles. The van der Waals surface area contributed by atoms with Gasteiger partial charge in [-0.1, -0.05) is 19.9 Å². The minimum Gasteiger partial charge on any atom is -0.504 e. The maximum absolute atomic E-state index is 9.68. The van der Waals surface area contributed by atoms with Crippen LogP contribution in [0.2, 0.25) is 0 Å². The fourth-order valence-corrected chi connectivity index (χ4v) is 1.76. The van der Waals surface area contributed by atoms with Crippen molar-refractivity contribution in [2.45, 2.75) is 26.8 Å². The molecule has 1 rings (SSSR count). The lowest BCUT2D eigenvalue weighted by Gasteiger charge is -2.24. The van der Waals surface area contributed by atoms with Gasteiger partial charge < -0.3 is 25.4 Å². The van der Waals surface area contributed by atoms with Crippen molar-refractivity contribution in [3.8, 4) is 17.2 Å². The summed E-state index contributed by atoms with van der Waals surface area (Å²) in [6.45, 7) is 6.16. The van der Waals surface area contributed by atoms with Gasteiger partial charge in [-0.15, -0.1) is 0 Å². The van der Waals surface area contributed by atoms with Gasteiger partial charge in [-0.25, -0.2) is 0 Å². The Bertz CT molecular complexity index is 418. The van der Waals surface area contributed by atoms with E-state index in [-0.39, 0.29) is 16.9 Å². The Hall–Kier alpha value is -1.46. The first-order chi connectivity index (χ1) is 8.87. The lowest BCUT2D eigenvalue weighted by molar-refractivity contribution is 0.150. The number of ether oxygens (including phenoxy) is 1. The second kappa shape index (κ2) is 6.63. The molecule has 0 unspecified atom stereocenters. The molecule has 0 amide bonds. The summed E-state index contributed by atoms with van der Waals surface area (Å²) in [5.74, 6) is -1.07. The van der Waals surface area contributed by atoms with E-state index in [0.717, 1.165) is 13.0 Å². The standard InChI is InChI=1S/C14H23NO4/c1-14(2,6-7-19-3)9-15-8-10-4-5-11(16)13(18)12(10)17/h4-5,15-18H,6-9H2,1-3H3. The van der Waals surface area contributed by atoms with Gasteiger partial charge in [-0.2, -0.15) is 0 Å². The van der Waals surface area contributed by atoms with Crippen LogP contribution in [0.1, 0.15) is 25.8 Å². The zero-order chi connectivity index (χ0) is 14.5. The van der Waals surface area contributed by atoms with Gasteiger partial charge in [0.2, 0.25) is 5.75 Å². The summed E-state index contributed by atoms with van der Waals surface area (Å²) < 4.78 is 5.06. The van der Waals surface area contributed by atoms with E-state index in [0.29, 0.717) is 18.7 Å². The highest BCUT2D eigenvalue weighted by atomic mass is 16.5. The zero-order valence-corrected chi connectivity index (χ0v) is 11.7. The molecule has 0 radical (unpaired) electrons. The van der Waals surface area contributed by atoms with E-state index in [1.54, 1.807) is 13.2 Å². The minimum absolute atomic E-state index is 0.0879. The maximum Gasteiger partial charge on any atom is 0.200 e. The van der Waals surface area contributed by atoms with Crippen LogP contribution in [0.4, 0.5) is 0 Å². The normalized spacial score (nSPS) is 11.7. The summed E-state index contributed by atoms with van der Waals surface area (Å²) in [5, 5.41) is 31.6. The highest BCUT2D eigenvalue weighted by Gasteiger charge is 2.17. The van der Waals surface area contributed by atoms with E-state index in [4.69, 9.17) is 4.74 Å². The number of hydrogen-bond acceptors (Lipinski definition) is 5. The van der Waals surface area contributed by atoms with Gasteiger partial charge in [0.15, 0.2) is 11.5 Å². The van der Waals surface area contributed by atoms with Crippen molar-refractivity contribution in [3.63, 3.8) is 0 Å². The van der Waals surface area contributed by atoms with E-state index in [1.165, 1.54) is 6.07 Å². The van der Waals surface area contributed by atoms with Gasteiger partial charge >= 0.3 is 0 Å². The summed E-state index contributed by atoms with van der Waals surface area (Å²) in [4.78, 5) is 0. The predicted molar refractivity (Wildman–Crippen MR) is 73.4 cm³/mol. The highest BCUT2D eigenvalue weighted by molar-refractivity contribution is 5.52. The zero-order valence-electron chi connectivity index (χ0n) is 11.7. The van der Waals surface area contributed by atoms with Crippen LogP contribution in [0.5, 0.6) is 17.2 Å². The SMILES string of the molecule is COCCC(C)(C)CNCc1ccc(O)c(O)c1O. The van der Waals surface area contributed by atoms with Crippen molar-refractivity contribution in [2.75, 3.05) is 20.3 Å². The number of nitrogens with one attached hydrogen (secondary N) is 1. The highest BCUT2D eigenvalue weighted by Crippen LogP contribution is 2.36. The molecule has 0 atom stereocenters. The van der Waals surface area contributed by atoms with Gasteiger partial charge in [0.05, 0.1) is 0 Å². The van der Waals surface area contributed by atoms with Crippen LogP contribution in [-0.2, 0) is 11.3 Å². The molecular formula is C14H23NO4. The second-order valence-corrected chi connectivity index (χ2v) is 5.45. The van der Waals surface area contributed by atoms with E-state index in [9.17, 15) is 15.3 Å². The molecule has 0 aliphatic carbocycles. The average Bonchev–Trinajstić information content (AvgIpc) is 2.36. The molecular weight excluding hydrogens is 246 g/mol. The van der Waals surface area contributed by atoms with Crippen LogP contribution in [0.15, 0.2) is 12.1 Å². The van der Waals surface area contributed by atoms with Crippen LogP contribution >= 0.6 is 0 Å². The summed E-state index contributed by atoms with van der Waals surface area (Å²) >= 11 is 0. The Morgan fingerprint density at radius 1 is 1.16 bits per heavy atom. The largest absolute Gasteiger partial charge is 0.504 e. The van der Waals surface area contributed by atoms with Crippen molar-refractivity contribution in [1.82, 2.24) is 5.32 Å². The smallest absolute Gasteiger partial charge is 0.200 e. The molecule has 0 saturated heterocycles. The number of aromatic hydroxyl groups is 3. The summed E-state index contributed by atoms with van der Waals surface area (Å²) in [6, 6.07) is 2.95. The summed E-state index contributed by atoms with van der Waals surface area (Å²) in [6.07, 6.45) is 0.934. The first-order valence-corrected chi connectivity index (χ1v) is 6.30. The van der Waals surface area contributed by atoms with E-state index >= 15 is 0 Å². The van der Waals surface area contributed by atoms with Crippen molar-refractivity contribution in [1.29, 1.82) is 0 Å². The Morgan fingerprint density at radius 2 is 1.84 bits per heavy atom. The van der Waals surface area contributed by atoms with Crippen LogP contribution in [0, 0.1) is 5.41 Å². The quantitative estimate of drug-likeness (QED) is 0.569. The lowest BCUT2D eigenvalue weighted by Crippen LogP contribution is -2.30. The van der Waals surface area contributed by atoms with Gasteiger partial charge in [-0.3, -0.25) is 0 Å². The number of hydrogen-bond donors (Lipinski definition) is 4. The van der Waals surface area contributed by atoms with E-state index in [2.05, 4.69) is 19.2 Å². The number of phenolic OH excluding ortho intramolecular Hbond substituents is 3. The van der Waals surface area contributed by atoms with E-state index < -0.39 is 5.75 Å².